The highest BCUT2D eigenvalue weighted by Gasteiger charge is 2.23. The maximum atomic E-state index is 12.2. The van der Waals surface area contributed by atoms with Crippen LogP contribution in [0.25, 0.3) is 0 Å². The largest absolute Gasteiger partial charge is 0.454 e. The zero-order valence-electron chi connectivity index (χ0n) is 10.4. The Morgan fingerprint density at radius 2 is 1.95 bits per heavy atom. The van der Waals surface area contributed by atoms with E-state index in [2.05, 4.69) is 5.32 Å². The number of anilines is 1. The molecule has 20 heavy (non-hydrogen) atoms. The Labute approximate surface area is 115 Å². The Kier molecular flexibility index (Phi) is 2.98. The molecular weight excluding hydrogens is 256 g/mol. The predicted octanol–water partition coefficient (Wildman–Crippen LogP) is 2.54. The van der Waals surface area contributed by atoms with Gasteiger partial charge in [0.05, 0.1) is 5.56 Å². The summed E-state index contributed by atoms with van der Waals surface area (Å²) in [6, 6.07) is 14.2. The van der Waals surface area contributed by atoms with E-state index in [-0.39, 0.29) is 23.8 Å². The maximum Gasteiger partial charge on any atom is 0.257 e. The summed E-state index contributed by atoms with van der Waals surface area (Å²) in [4.78, 5) is 12.2. The quantitative estimate of drug-likeness (QED) is 0.906. The average molecular weight is 266 g/mol. The van der Waals surface area contributed by atoms with Gasteiger partial charge in [-0.05, 0) is 24.3 Å². The van der Waals surface area contributed by atoms with Gasteiger partial charge in [-0.3, -0.25) is 4.79 Å². The van der Waals surface area contributed by atoms with Gasteiger partial charge in [0.1, 0.15) is 11.6 Å². The molecule has 1 aliphatic rings. The lowest BCUT2D eigenvalue weighted by Gasteiger charge is -2.08. The highest BCUT2D eigenvalue weighted by molar-refractivity contribution is 6.06. The Balaban J connectivity index is 1.95. The van der Waals surface area contributed by atoms with Gasteiger partial charge in [0, 0.05) is 5.69 Å². The van der Waals surface area contributed by atoms with E-state index >= 15 is 0 Å². The molecule has 0 atom stereocenters. The van der Waals surface area contributed by atoms with E-state index in [0.29, 0.717) is 17.2 Å². The number of fused-ring (bicyclic) bond motifs is 1. The van der Waals surface area contributed by atoms with E-state index in [9.17, 15) is 10.1 Å². The van der Waals surface area contributed by atoms with Crippen molar-refractivity contribution in [3.63, 3.8) is 0 Å². The van der Waals surface area contributed by atoms with Crippen LogP contribution in [0.4, 0.5) is 5.69 Å². The molecule has 98 valence electrons. The number of ether oxygens (including phenoxy) is 2. The van der Waals surface area contributed by atoms with Crippen LogP contribution in [0, 0.1) is 11.3 Å². The summed E-state index contributed by atoms with van der Waals surface area (Å²) in [5.41, 5.74) is 1.12. The van der Waals surface area contributed by atoms with Crippen molar-refractivity contribution >= 4 is 11.6 Å². The van der Waals surface area contributed by atoms with Crippen molar-refractivity contribution in [3.8, 4) is 17.6 Å². The summed E-state index contributed by atoms with van der Waals surface area (Å²) in [6.45, 7) is 0.0633. The van der Waals surface area contributed by atoms with Gasteiger partial charge in [-0.2, -0.15) is 5.26 Å². The second-order valence-electron chi connectivity index (χ2n) is 4.15. The van der Waals surface area contributed by atoms with Crippen LogP contribution < -0.4 is 14.8 Å². The summed E-state index contributed by atoms with van der Waals surface area (Å²) in [5.74, 6) is 0.456. The fourth-order valence-corrected chi connectivity index (χ4v) is 1.99. The second-order valence-corrected chi connectivity index (χ2v) is 4.15. The average Bonchev–Trinajstić information content (AvgIpc) is 2.95. The second kappa shape index (κ2) is 4.94. The molecule has 1 heterocycles. The molecule has 2 aromatic rings. The lowest BCUT2D eigenvalue weighted by Crippen LogP contribution is -2.13. The van der Waals surface area contributed by atoms with E-state index in [0.717, 1.165) is 0 Å². The van der Waals surface area contributed by atoms with Gasteiger partial charge in [0.15, 0.2) is 11.5 Å². The first kappa shape index (κ1) is 12.1. The fraction of sp³-hybridized carbons (Fsp3) is 0.0667. The minimum Gasteiger partial charge on any atom is -0.454 e. The normalized spacial score (nSPS) is 11.8. The van der Waals surface area contributed by atoms with Crippen molar-refractivity contribution in [1.29, 1.82) is 5.26 Å². The molecule has 0 saturated carbocycles. The van der Waals surface area contributed by atoms with Crippen LogP contribution in [-0.4, -0.2) is 12.7 Å². The third-order valence-electron chi connectivity index (χ3n) is 2.93. The van der Waals surface area contributed by atoms with E-state index in [1.165, 1.54) is 0 Å². The Bertz CT molecular complexity index is 705. The van der Waals surface area contributed by atoms with Gasteiger partial charge in [-0.25, -0.2) is 0 Å². The number of hydrogen-bond donors (Lipinski definition) is 1. The van der Waals surface area contributed by atoms with Gasteiger partial charge in [0.2, 0.25) is 6.79 Å². The zero-order chi connectivity index (χ0) is 13.9. The third kappa shape index (κ3) is 2.04. The van der Waals surface area contributed by atoms with E-state index in [4.69, 9.17) is 9.47 Å². The van der Waals surface area contributed by atoms with Crippen molar-refractivity contribution in [2.75, 3.05) is 12.1 Å². The van der Waals surface area contributed by atoms with Gasteiger partial charge in [-0.15, -0.1) is 0 Å². The topological polar surface area (TPSA) is 71.4 Å². The predicted molar refractivity (Wildman–Crippen MR) is 71.7 cm³/mol. The van der Waals surface area contributed by atoms with Crippen molar-refractivity contribution in [2.45, 2.75) is 0 Å². The van der Waals surface area contributed by atoms with E-state index < -0.39 is 0 Å². The summed E-state index contributed by atoms with van der Waals surface area (Å²) in [5, 5.41) is 12.0. The van der Waals surface area contributed by atoms with Crippen molar-refractivity contribution in [2.24, 2.45) is 0 Å². The molecule has 0 bridgehead atoms. The van der Waals surface area contributed by atoms with Crippen LogP contribution in [0.5, 0.6) is 11.5 Å². The van der Waals surface area contributed by atoms with E-state index in [1.54, 1.807) is 24.3 Å². The van der Waals surface area contributed by atoms with E-state index in [1.807, 2.05) is 24.3 Å². The van der Waals surface area contributed by atoms with Crippen LogP contribution in [-0.2, 0) is 0 Å². The summed E-state index contributed by atoms with van der Waals surface area (Å²) in [7, 11) is 0. The standard InChI is InChI=1S/C15H10N2O3/c16-8-12-11(6-7-13-14(12)20-9-19-13)15(18)17-10-4-2-1-3-5-10/h1-7H,9H2,(H,17,18). The van der Waals surface area contributed by atoms with Gasteiger partial charge < -0.3 is 14.8 Å². The first-order valence-electron chi connectivity index (χ1n) is 5.98. The summed E-state index contributed by atoms with van der Waals surface area (Å²) in [6.07, 6.45) is 0. The number of benzene rings is 2. The lowest BCUT2D eigenvalue weighted by molar-refractivity contribution is 0.102. The molecule has 0 fully saturated rings. The minimum atomic E-state index is -0.356. The van der Waals surface area contributed by atoms with Gasteiger partial charge in [-0.1, -0.05) is 18.2 Å². The molecule has 0 spiro atoms. The minimum absolute atomic E-state index is 0.0633. The molecule has 5 nitrogen and oxygen atoms in total. The third-order valence-corrected chi connectivity index (χ3v) is 2.93. The highest BCUT2D eigenvalue weighted by atomic mass is 16.7. The molecule has 1 amide bonds. The van der Waals surface area contributed by atoms with Crippen LogP contribution in [0.15, 0.2) is 42.5 Å². The number of carbonyl (C=O) groups excluding carboxylic acids is 1. The van der Waals surface area contributed by atoms with Crippen LogP contribution in [0.3, 0.4) is 0 Å². The molecule has 0 unspecified atom stereocenters. The van der Waals surface area contributed by atoms with Crippen LogP contribution >= 0.6 is 0 Å². The highest BCUT2D eigenvalue weighted by Crippen LogP contribution is 2.37. The van der Waals surface area contributed by atoms with Gasteiger partial charge >= 0.3 is 0 Å². The van der Waals surface area contributed by atoms with Crippen molar-refractivity contribution in [1.82, 2.24) is 0 Å². The molecule has 1 aliphatic heterocycles. The number of nitrogens with zero attached hydrogens (tertiary/aromatic N) is 1. The molecule has 2 aromatic carbocycles. The molecule has 0 aromatic heterocycles. The molecule has 0 radical (unpaired) electrons. The SMILES string of the molecule is N#Cc1c(C(=O)Nc2ccccc2)ccc2c1OCO2. The zero-order valence-corrected chi connectivity index (χ0v) is 10.4. The maximum absolute atomic E-state index is 12.2. The Morgan fingerprint density at radius 3 is 2.70 bits per heavy atom. The number of carbonyl (C=O) groups is 1. The number of hydrogen-bond acceptors (Lipinski definition) is 4. The summed E-state index contributed by atoms with van der Waals surface area (Å²) >= 11 is 0. The number of para-hydroxylation sites is 1. The first-order chi connectivity index (χ1) is 9.79. The Morgan fingerprint density at radius 1 is 1.15 bits per heavy atom. The first-order valence-corrected chi connectivity index (χ1v) is 5.98. The van der Waals surface area contributed by atoms with Crippen molar-refractivity contribution < 1.29 is 14.3 Å². The summed E-state index contributed by atoms with van der Waals surface area (Å²) < 4.78 is 10.4. The van der Waals surface area contributed by atoms with Crippen LogP contribution in [0.1, 0.15) is 15.9 Å². The number of amides is 1. The molecule has 0 aliphatic carbocycles. The number of nitrogens with one attached hydrogen (secondary N) is 1. The number of nitriles is 1. The molecule has 1 N–H and O–H groups in total. The monoisotopic (exact) mass is 266 g/mol. The molecule has 3 rings (SSSR count). The van der Waals surface area contributed by atoms with Gasteiger partial charge in [0.25, 0.3) is 5.91 Å². The molecular formula is C15H10N2O3. The molecule has 5 heteroatoms. The van der Waals surface area contributed by atoms with Crippen LogP contribution in [0.2, 0.25) is 0 Å². The number of rotatable bonds is 2. The van der Waals surface area contributed by atoms with Crippen molar-refractivity contribution in [3.05, 3.63) is 53.6 Å². The Hall–Kier alpha value is -3.00. The molecule has 0 saturated heterocycles. The smallest absolute Gasteiger partial charge is 0.257 e. The lowest BCUT2D eigenvalue weighted by atomic mass is 10.1. The fourth-order valence-electron chi connectivity index (χ4n) is 1.99.